The minimum Gasteiger partial charge on any atom is -0.415 e. The number of aliphatic hydroxyl groups is 1. The standard InChI is InChI=1S/C12H13FN2O2S2/c1-18-7-11-14-15-12(17-11)19-6-10(16)8-4-2-3-5-9(8)13/h2-5,10,16H,6-7H2,1H3. The average Bonchev–Trinajstić information content (AvgIpc) is 2.85. The zero-order valence-corrected chi connectivity index (χ0v) is 11.9. The highest BCUT2D eigenvalue weighted by Gasteiger charge is 2.14. The third-order valence-corrected chi connectivity index (χ3v) is 3.77. The summed E-state index contributed by atoms with van der Waals surface area (Å²) in [5.74, 6) is 1.06. The summed E-state index contributed by atoms with van der Waals surface area (Å²) in [6.07, 6.45) is 1.04. The molecular formula is C12H13FN2O2S2. The van der Waals surface area contributed by atoms with E-state index in [-0.39, 0.29) is 11.3 Å². The van der Waals surface area contributed by atoms with Crippen molar-refractivity contribution in [1.29, 1.82) is 0 Å². The second-order valence-electron chi connectivity index (χ2n) is 3.74. The molecule has 0 aliphatic heterocycles. The van der Waals surface area contributed by atoms with Gasteiger partial charge in [0.1, 0.15) is 5.82 Å². The molecule has 1 atom stereocenters. The number of halogens is 1. The maximum atomic E-state index is 13.4. The summed E-state index contributed by atoms with van der Waals surface area (Å²) in [7, 11) is 0. The Balaban J connectivity index is 1.92. The molecule has 0 fully saturated rings. The lowest BCUT2D eigenvalue weighted by Crippen LogP contribution is -2.03. The van der Waals surface area contributed by atoms with E-state index < -0.39 is 11.9 Å². The maximum Gasteiger partial charge on any atom is 0.276 e. The number of hydrogen-bond donors (Lipinski definition) is 1. The molecular weight excluding hydrogens is 287 g/mol. The van der Waals surface area contributed by atoms with Crippen LogP contribution in [0.15, 0.2) is 33.9 Å². The Kier molecular flexibility index (Phi) is 5.24. The van der Waals surface area contributed by atoms with Crippen LogP contribution in [0.1, 0.15) is 17.6 Å². The average molecular weight is 300 g/mol. The summed E-state index contributed by atoms with van der Waals surface area (Å²) in [6, 6.07) is 6.17. The SMILES string of the molecule is CSCc1nnc(SCC(O)c2ccccc2F)o1. The normalized spacial score (nSPS) is 12.6. The fourth-order valence-electron chi connectivity index (χ4n) is 1.46. The van der Waals surface area contributed by atoms with Crippen molar-refractivity contribution in [2.24, 2.45) is 0 Å². The number of hydrogen-bond acceptors (Lipinski definition) is 6. The van der Waals surface area contributed by atoms with Crippen LogP contribution >= 0.6 is 23.5 Å². The number of benzene rings is 1. The van der Waals surface area contributed by atoms with E-state index >= 15 is 0 Å². The van der Waals surface area contributed by atoms with Crippen molar-refractivity contribution in [3.8, 4) is 0 Å². The van der Waals surface area contributed by atoms with Crippen molar-refractivity contribution in [2.75, 3.05) is 12.0 Å². The van der Waals surface area contributed by atoms with E-state index in [4.69, 9.17) is 4.42 Å². The summed E-state index contributed by atoms with van der Waals surface area (Å²) in [4.78, 5) is 0. The van der Waals surface area contributed by atoms with Crippen molar-refractivity contribution >= 4 is 23.5 Å². The first-order chi connectivity index (χ1) is 9.20. The minimum absolute atomic E-state index is 0.266. The van der Waals surface area contributed by atoms with Gasteiger partial charge in [0.15, 0.2) is 0 Å². The van der Waals surface area contributed by atoms with Gasteiger partial charge in [-0.3, -0.25) is 0 Å². The Bertz CT molecular complexity index is 536. The molecule has 0 saturated heterocycles. The highest BCUT2D eigenvalue weighted by Crippen LogP contribution is 2.25. The third kappa shape index (κ3) is 3.95. The topological polar surface area (TPSA) is 59.2 Å². The molecule has 0 bridgehead atoms. The van der Waals surface area contributed by atoms with Gasteiger partial charge in [0, 0.05) is 11.3 Å². The lowest BCUT2D eigenvalue weighted by Gasteiger charge is -2.09. The third-order valence-electron chi connectivity index (χ3n) is 2.35. The van der Waals surface area contributed by atoms with Crippen LogP contribution in [-0.2, 0) is 5.75 Å². The van der Waals surface area contributed by atoms with Crippen LogP contribution in [0.2, 0.25) is 0 Å². The molecule has 0 amide bonds. The zero-order valence-electron chi connectivity index (χ0n) is 10.2. The monoisotopic (exact) mass is 300 g/mol. The van der Waals surface area contributed by atoms with Crippen LogP contribution in [0.5, 0.6) is 0 Å². The molecule has 0 radical (unpaired) electrons. The summed E-state index contributed by atoms with van der Waals surface area (Å²) in [6.45, 7) is 0. The van der Waals surface area contributed by atoms with Crippen molar-refractivity contribution in [3.63, 3.8) is 0 Å². The molecule has 2 aromatic rings. The Labute approximate surface area is 118 Å². The molecule has 7 heteroatoms. The first-order valence-electron chi connectivity index (χ1n) is 5.57. The van der Waals surface area contributed by atoms with E-state index in [1.807, 2.05) is 6.26 Å². The van der Waals surface area contributed by atoms with E-state index in [9.17, 15) is 9.50 Å². The second kappa shape index (κ2) is 6.93. The summed E-state index contributed by atoms with van der Waals surface area (Å²) in [5, 5.41) is 18.0. The molecule has 19 heavy (non-hydrogen) atoms. The van der Waals surface area contributed by atoms with Gasteiger partial charge >= 0.3 is 0 Å². The van der Waals surface area contributed by atoms with Crippen LogP contribution in [-0.4, -0.2) is 27.3 Å². The first-order valence-corrected chi connectivity index (χ1v) is 7.95. The highest BCUT2D eigenvalue weighted by molar-refractivity contribution is 7.99. The Morgan fingerprint density at radius 2 is 2.16 bits per heavy atom. The fourth-order valence-corrected chi connectivity index (χ4v) is 2.56. The van der Waals surface area contributed by atoms with Gasteiger partial charge in [0.05, 0.1) is 11.9 Å². The van der Waals surface area contributed by atoms with Crippen LogP contribution < -0.4 is 0 Å². The predicted molar refractivity (Wildman–Crippen MR) is 73.6 cm³/mol. The molecule has 0 aliphatic carbocycles. The first kappa shape index (κ1) is 14.4. The molecule has 1 aromatic heterocycles. The molecule has 0 aliphatic rings. The lowest BCUT2D eigenvalue weighted by atomic mass is 10.1. The molecule has 102 valence electrons. The molecule has 1 unspecified atom stereocenters. The molecule has 1 heterocycles. The van der Waals surface area contributed by atoms with Crippen molar-refractivity contribution in [3.05, 3.63) is 41.5 Å². The Hall–Kier alpha value is -1.05. The minimum atomic E-state index is -0.901. The molecule has 0 spiro atoms. The maximum absolute atomic E-state index is 13.4. The van der Waals surface area contributed by atoms with Gasteiger partial charge in [-0.1, -0.05) is 30.0 Å². The van der Waals surface area contributed by atoms with Gasteiger partial charge in [0.2, 0.25) is 5.89 Å². The van der Waals surface area contributed by atoms with Crippen LogP contribution in [0.3, 0.4) is 0 Å². The van der Waals surface area contributed by atoms with Gasteiger partial charge in [-0.05, 0) is 12.3 Å². The molecule has 1 aromatic carbocycles. The number of aliphatic hydroxyl groups excluding tert-OH is 1. The van der Waals surface area contributed by atoms with Crippen molar-refractivity contribution in [2.45, 2.75) is 17.1 Å². The second-order valence-corrected chi connectivity index (χ2v) is 5.58. The van der Waals surface area contributed by atoms with E-state index in [1.165, 1.54) is 17.8 Å². The lowest BCUT2D eigenvalue weighted by molar-refractivity contribution is 0.198. The Morgan fingerprint density at radius 3 is 2.89 bits per heavy atom. The van der Waals surface area contributed by atoms with E-state index in [1.54, 1.807) is 30.0 Å². The van der Waals surface area contributed by atoms with Crippen molar-refractivity contribution < 1.29 is 13.9 Å². The fraction of sp³-hybridized carbons (Fsp3) is 0.333. The number of nitrogens with zero attached hydrogens (tertiary/aromatic N) is 2. The van der Waals surface area contributed by atoms with Crippen LogP contribution in [0, 0.1) is 5.82 Å². The largest absolute Gasteiger partial charge is 0.415 e. The molecule has 0 saturated carbocycles. The van der Waals surface area contributed by atoms with Crippen LogP contribution in [0.25, 0.3) is 0 Å². The number of thioether (sulfide) groups is 2. The zero-order chi connectivity index (χ0) is 13.7. The van der Waals surface area contributed by atoms with Gasteiger partial charge in [-0.2, -0.15) is 11.8 Å². The highest BCUT2D eigenvalue weighted by atomic mass is 32.2. The van der Waals surface area contributed by atoms with E-state index in [2.05, 4.69) is 10.2 Å². The smallest absolute Gasteiger partial charge is 0.276 e. The molecule has 4 nitrogen and oxygen atoms in total. The van der Waals surface area contributed by atoms with Crippen LogP contribution in [0.4, 0.5) is 4.39 Å². The van der Waals surface area contributed by atoms with Gasteiger partial charge in [0.25, 0.3) is 5.22 Å². The van der Waals surface area contributed by atoms with Crippen molar-refractivity contribution in [1.82, 2.24) is 10.2 Å². The number of aromatic nitrogens is 2. The number of rotatable bonds is 6. The van der Waals surface area contributed by atoms with Gasteiger partial charge < -0.3 is 9.52 Å². The molecule has 1 N–H and O–H groups in total. The predicted octanol–water partition coefficient (Wildman–Crippen LogP) is 2.90. The Morgan fingerprint density at radius 1 is 1.37 bits per heavy atom. The van der Waals surface area contributed by atoms with E-state index in [0.717, 1.165) is 0 Å². The van der Waals surface area contributed by atoms with E-state index in [0.29, 0.717) is 16.9 Å². The van der Waals surface area contributed by atoms with Gasteiger partial charge in [-0.25, -0.2) is 4.39 Å². The summed E-state index contributed by atoms with van der Waals surface area (Å²) in [5.41, 5.74) is 0.277. The quantitative estimate of drug-likeness (QED) is 0.828. The molecule has 2 rings (SSSR count). The van der Waals surface area contributed by atoms with Gasteiger partial charge in [-0.15, -0.1) is 10.2 Å². The summed E-state index contributed by atoms with van der Waals surface area (Å²) < 4.78 is 18.8. The summed E-state index contributed by atoms with van der Waals surface area (Å²) >= 11 is 2.80.